The van der Waals surface area contributed by atoms with Crippen LogP contribution in [0.25, 0.3) is 90.5 Å². The molecule has 37 nitrogen and oxygen atoms in total. The summed E-state index contributed by atoms with van der Waals surface area (Å²) in [5.74, 6) is 1.35. The number of oxime groups is 1. The van der Waals surface area contributed by atoms with E-state index >= 15 is 0 Å². The van der Waals surface area contributed by atoms with Crippen molar-refractivity contribution in [3.05, 3.63) is 263 Å². The van der Waals surface area contributed by atoms with Crippen molar-refractivity contribution in [3.63, 3.8) is 0 Å². The predicted octanol–water partition coefficient (Wildman–Crippen LogP) is 15.1. The van der Waals surface area contributed by atoms with E-state index in [1.54, 1.807) is 107 Å². The summed E-state index contributed by atoms with van der Waals surface area (Å²) >= 11 is 35.1. The van der Waals surface area contributed by atoms with Gasteiger partial charge in [-0.05, 0) is 226 Å². The van der Waals surface area contributed by atoms with Crippen LogP contribution in [-0.4, -0.2) is 154 Å². The van der Waals surface area contributed by atoms with Crippen molar-refractivity contribution in [1.82, 2.24) is 70.0 Å². The Labute approximate surface area is 819 Å². The standard InChI is InChI=1S/C24H22ClN7O.C14H19N5.C11H9ClN2O3.C10H9ClN2O2.C10H7ClN2O2.C9H7ClO4.C8H3ClO3.C2H6N2O.CH3O.CH4.Na/c1-13-29-22(33-31-13)17-7-6-16(25)10-18(17)21-30-19-9-14(15-11-27-23(26)28-12-15)5-8-20(19)32(21)24(2,3)4;1-14(2,3)19-12-5-4-9(6-11(12)15)10-7-17-13(16)18-8-10;1-6-13-10(17-14-6)8-4-3-7(12)5-9(8)11(15)16-2;2*1-6-12-10(15-13-6)9-3-2-8(11)4-7(9)5-14;1-14-9(13)7-4-5(10)2-3-6(7)8(11)12;9-4-1-2-5-6(3-4)8(11)12-7(5)10;1-2(3)4-5;1-2;;/h5-12H,1-4H3,(H2,26,27,28);4-8,19H,15H2,1-3H3,(H2,16,17,18);3-5H,1-2H3;2-4,14H,5H2,1H3;2-5H,1H3;2-4H,1H3,(H,11,12);1-3H;5H,1H3,(H2,3,4);1H3;1H4;/q;;;;;;;;-1;;+1. The van der Waals surface area contributed by atoms with E-state index < -0.39 is 29.8 Å². The molecule has 15 aromatic rings. The minimum absolute atomic E-state index is 0. The molecule has 0 fully saturated rings. The van der Waals surface area contributed by atoms with Gasteiger partial charge in [0.15, 0.2) is 29.6 Å². The topological polar surface area (TPSA) is 567 Å². The van der Waals surface area contributed by atoms with Crippen molar-refractivity contribution in [1.29, 1.82) is 0 Å². The number of halogens is 6. The van der Waals surface area contributed by atoms with E-state index in [0.29, 0.717) is 111 Å². The second-order valence-corrected chi connectivity index (χ2v) is 32.0. The van der Waals surface area contributed by atoms with Crippen molar-refractivity contribution < 1.29 is 111 Å². The third-order valence-electron chi connectivity index (χ3n) is 17.3. The number of carboxylic acid groups (broad SMARTS) is 1. The van der Waals surface area contributed by atoms with Gasteiger partial charge in [0, 0.05) is 93.8 Å². The zero-order chi connectivity index (χ0) is 97.2. The van der Waals surface area contributed by atoms with Crippen LogP contribution >= 0.6 is 69.6 Å². The fourth-order valence-corrected chi connectivity index (χ4v) is 12.7. The van der Waals surface area contributed by atoms with E-state index in [9.17, 15) is 28.8 Å². The second kappa shape index (κ2) is 50.2. The number of rotatable bonds is 13. The van der Waals surface area contributed by atoms with E-state index in [1.807, 2.05) is 48.5 Å². The molecule has 0 radical (unpaired) electrons. The number of aryl methyl sites for hydroxylation is 4. The van der Waals surface area contributed by atoms with Crippen LogP contribution in [0.15, 0.2) is 194 Å². The maximum atomic E-state index is 11.6. The van der Waals surface area contributed by atoms with Crippen molar-refractivity contribution in [2.75, 3.05) is 43.8 Å². The van der Waals surface area contributed by atoms with Gasteiger partial charge in [0.2, 0.25) is 11.9 Å². The average Bonchev–Trinajstić information content (AvgIpc) is 1.59. The molecule has 7 aromatic heterocycles. The normalized spacial score (nSPS) is 11.0. The number of nitrogens with zero attached hydrogens (tertiary/aromatic N) is 15. The summed E-state index contributed by atoms with van der Waals surface area (Å²) in [4.78, 5) is 104. The number of aromatic nitrogens is 14. The van der Waals surface area contributed by atoms with Crippen LogP contribution in [0.3, 0.4) is 0 Å². The summed E-state index contributed by atoms with van der Waals surface area (Å²) in [6.07, 6.45) is 7.50. The van der Waals surface area contributed by atoms with E-state index in [1.165, 1.54) is 57.5 Å². The van der Waals surface area contributed by atoms with Gasteiger partial charge < -0.3 is 85.6 Å². The molecule has 0 saturated carbocycles. The number of aromatic carboxylic acids is 1. The number of hydrogen-bond donors (Lipinski definition) is 8. The number of esters is 4. The molecule has 8 heterocycles. The zero-order valence-electron chi connectivity index (χ0n) is 73.8. The molecule has 0 bridgehead atoms. The van der Waals surface area contributed by atoms with Crippen LogP contribution < -0.4 is 62.9 Å². The number of aliphatic hydroxyl groups is 1. The fraction of sp³-hybridized carbons (Fsp3) is 0.200. The number of amidine groups is 1. The number of carbonyl (C=O) groups excluding carboxylic acids is 5. The Bertz CT molecular complexity index is 6640. The molecular formula is C90H89Cl6N20NaO17. The van der Waals surface area contributed by atoms with Gasteiger partial charge in [-0.15, -0.1) is 0 Å². The molecule has 8 aromatic carbocycles. The number of aldehydes is 1. The molecule has 0 saturated heterocycles. The van der Waals surface area contributed by atoms with Gasteiger partial charge in [0.1, 0.15) is 11.7 Å². The largest absolute Gasteiger partial charge is 1.00 e. The van der Waals surface area contributed by atoms with Gasteiger partial charge in [-0.3, -0.25) is 4.79 Å². The second-order valence-electron chi connectivity index (χ2n) is 29.3. The third kappa shape index (κ3) is 30.4. The van der Waals surface area contributed by atoms with Crippen LogP contribution in [0, 0.1) is 27.7 Å². The summed E-state index contributed by atoms with van der Waals surface area (Å²) in [6.45, 7) is 21.0. The Hall–Kier alpha value is -13.7. The first-order valence-electron chi connectivity index (χ1n) is 38.5. The summed E-state index contributed by atoms with van der Waals surface area (Å²) < 4.78 is 36.1. The minimum atomic E-state index is -1.19. The molecular weight excluding hydrogens is 1870 g/mol. The first-order chi connectivity index (χ1) is 62.6. The van der Waals surface area contributed by atoms with Crippen molar-refractivity contribution in [2.45, 2.75) is 101 Å². The van der Waals surface area contributed by atoms with Gasteiger partial charge in [-0.25, -0.2) is 48.9 Å². The monoisotopic (exact) mass is 1950 g/mol. The van der Waals surface area contributed by atoms with Gasteiger partial charge >= 0.3 is 59.4 Å². The SMILES string of the molecule is C.C/C(N)=N/O.CC(C)(C)Nc1ccc(-c2cnc(N)nc2)cc1N.COC(=O)c1cc(Cl)ccc1-c1nc(C)no1.COC(=O)c1cc(Cl)ccc1C(=O)O.C[O-].Cc1noc(-c2ccc(Cl)cc2-c2nc3cc(-c4cnc(N)nc4)ccc3n2C(C)(C)C)n1.Cc1noc(-c2ccc(Cl)cc2C=O)n1.Cc1noc(-c2ccc(Cl)cc2CO)n1.O=C1OC(=O)c2cc(Cl)ccc21.[Na+]. The number of methoxy groups -OCH3 is 2. The average molecular weight is 1960 g/mol. The number of carboxylic acids is 1. The quantitative estimate of drug-likeness (QED) is 0.00508. The first-order valence-corrected chi connectivity index (χ1v) is 40.8. The van der Waals surface area contributed by atoms with Crippen molar-refractivity contribution in [2.24, 2.45) is 10.9 Å². The Morgan fingerprint density at radius 3 is 1.35 bits per heavy atom. The van der Waals surface area contributed by atoms with E-state index in [4.69, 9.17) is 136 Å². The number of nitrogen functional groups attached to an aromatic ring is 3. The van der Waals surface area contributed by atoms with Gasteiger partial charge in [0.25, 0.3) is 23.6 Å². The predicted molar refractivity (Wildman–Crippen MR) is 502 cm³/mol. The Balaban J connectivity index is 0.000000243. The number of anilines is 4. The number of benzene rings is 8. The molecule has 0 aliphatic carbocycles. The zero-order valence-corrected chi connectivity index (χ0v) is 80.3. The Morgan fingerprint density at radius 2 is 0.903 bits per heavy atom. The third-order valence-corrected chi connectivity index (χ3v) is 18.7. The minimum Gasteiger partial charge on any atom is -0.857 e. The van der Waals surface area contributed by atoms with Crippen molar-refractivity contribution >= 4 is 146 Å². The number of hydrogen-bond acceptors (Lipinski definition) is 34. The molecule has 694 valence electrons. The molecule has 0 amide bonds. The Morgan fingerprint density at radius 1 is 0.507 bits per heavy atom. The van der Waals surface area contributed by atoms with E-state index in [-0.39, 0.29) is 106 Å². The number of ether oxygens (including phenoxy) is 3. The van der Waals surface area contributed by atoms with Gasteiger partial charge in [-0.1, -0.05) is 115 Å². The molecule has 16 rings (SSSR count). The number of nitrogens with one attached hydrogen (secondary N) is 1. The maximum Gasteiger partial charge on any atom is 1.00 e. The van der Waals surface area contributed by atoms with E-state index in [2.05, 4.69) is 137 Å². The smallest absolute Gasteiger partial charge is 0.857 e. The number of aliphatic hydroxyl groups excluding tert-OH is 1. The molecule has 0 atom stereocenters. The summed E-state index contributed by atoms with van der Waals surface area (Å²) in [7, 11) is 3.22. The summed E-state index contributed by atoms with van der Waals surface area (Å²) in [5, 5.41) is 57.5. The number of fused-ring (bicyclic) bond motifs is 2. The van der Waals surface area contributed by atoms with Crippen LogP contribution in [0.4, 0.5) is 23.3 Å². The molecule has 1 aliphatic rings. The molecule has 134 heavy (non-hydrogen) atoms. The molecule has 0 spiro atoms. The maximum absolute atomic E-state index is 11.6. The van der Waals surface area contributed by atoms with Gasteiger partial charge in [-0.2, -0.15) is 27.0 Å². The number of cyclic esters (lactones) is 2. The van der Waals surface area contributed by atoms with Crippen LogP contribution in [-0.2, 0) is 26.4 Å². The molecule has 12 N–H and O–H groups in total. The van der Waals surface area contributed by atoms with Crippen LogP contribution in [0.1, 0.15) is 147 Å². The van der Waals surface area contributed by atoms with Crippen molar-refractivity contribution in [3.8, 4) is 79.5 Å². The summed E-state index contributed by atoms with van der Waals surface area (Å²) in [6, 6.07) is 40.7. The molecule has 44 heteroatoms. The van der Waals surface area contributed by atoms with E-state index in [0.717, 1.165) is 63.0 Å². The first kappa shape index (κ1) is 109. The molecule has 0 unspecified atom stereocenters. The van der Waals surface area contributed by atoms with Crippen LogP contribution in [0.5, 0.6) is 0 Å². The van der Waals surface area contributed by atoms with Crippen LogP contribution in [0.2, 0.25) is 30.1 Å². The molecule has 1 aliphatic heterocycles. The number of imidazole rings is 1. The summed E-state index contributed by atoms with van der Waals surface area (Å²) in [5.41, 5.74) is 34.0. The Kier molecular flexibility index (Phi) is 40.9. The number of nitrogens with two attached hydrogens (primary N) is 4. The fourth-order valence-electron chi connectivity index (χ4n) is 11.6. The number of carbonyl (C=O) groups is 6. The van der Waals surface area contributed by atoms with Gasteiger partial charge in [0.05, 0.1) is 87.7 Å².